The maximum atomic E-state index is 13.7. The highest BCUT2D eigenvalue weighted by molar-refractivity contribution is 5.95. The third kappa shape index (κ3) is 7.26. The van der Waals surface area contributed by atoms with Gasteiger partial charge in [-0.1, -0.05) is 24.3 Å². The highest BCUT2D eigenvalue weighted by atomic mass is 19.1. The predicted molar refractivity (Wildman–Crippen MR) is 123 cm³/mol. The van der Waals surface area contributed by atoms with E-state index < -0.39 is 30.9 Å². The van der Waals surface area contributed by atoms with Crippen LogP contribution < -0.4 is 10.1 Å². The van der Waals surface area contributed by atoms with Crippen molar-refractivity contribution in [3.05, 3.63) is 59.9 Å². The van der Waals surface area contributed by atoms with Gasteiger partial charge in [0.2, 0.25) is 0 Å². The van der Waals surface area contributed by atoms with Gasteiger partial charge in [0.05, 0.1) is 18.2 Å². The number of esters is 2. The Morgan fingerprint density at radius 1 is 0.971 bits per heavy atom. The molecule has 1 aliphatic heterocycles. The molecule has 0 unspecified atom stereocenters. The summed E-state index contributed by atoms with van der Waals surface area (Å²) in [5.74, 6) is -2.76. The molecule has 2 amide bonds. The first-order valence-corrected chi connectivity index (χ1v) is 11.3. The molecule has 2 aromatic rings. The summed E-state index contributed by atoms with van der Waals surface area (Å²) < 4.78 is 29.3. The van der Waals surface area contributed by atoms with Gasteiger partial charge in [-0.25, -0.2) is 9.18 Å². The molecule has 0 atom stereocenters. The van der Waals surface area contributed by atoms with Gasteiger partial charge in [-0.15, -0.1) is 0 Å². The van der Waals surface area contributed by atoms with Gasteiger partial charge in [0.1, 0.15) is 17.1 Å². The molecule has 1 fully saturated rings. The standard InChI is InChI=1S/C25H27FN2O7/c1-2-33-24(31)17-11-13-28(14-12-17)23(30)16-35-25(32)18-7-3-6-10-21(18)34-15-22(29)27-20-9-5-4-8-19(20)26/h3-10,17H,2,11-16H2,1H3,(H,27,29). The van der Waals surface area contributed by atoms with Crippen LogP contribution in [0.4, 0.5) is 10.1 Å². The molecule has 0 saturated carbocycles. The second-order valence-electron chi connectivity index (χ2n) is 7.80. The second kappa shape index (κ2) is 12.5. The van der Waals surface area contributed by atoms with Crippen molar-refractivity contribution < 1.29 is 37.8 Å². The van der Waals surface area contributed by atoms with Crippen molar-refractivity contribution in [2.75, 3.05) is 38.2 Å². The Labute approximate surface area is 202 Å². The summed E-state index contributed by atoms with van der Waals surface area (Å²) in [5, 5.41) is 2.39. The summed E-state index contributed by atoms with van der Waals surface area (Å²) in [6, 6.07) is 11.8. The van der Waals surface area contributed by atoms with Crippen LogP contribution >= 0.6 is 0 Å². The van der Waals surface area contributed by atoms with Gasteiger partial charge >= 0.3 is 11.9 Å². The van der Waals surface area contributed by atoms with Crippen molar-refractivity contribution in [1.29, 1.82) is 0 Å². The largest absolute Gasteiger partial charge is 0.483 e. The Morgan fingerprint density at radius 3 is 2.37 bits per heavy atom. The molecule has 3 rings (SSSR count). The molecule has 2 aromatic carbocycles. The molecule has 9 nitrogen and oxygen atoms in total. The maximum absolute atomic E-state index is 13.7. The predicted octanol–water partition coefficient (Wildman–Crippen LogP) is 2.80. The van der Waals surface area contributed by atoms with Crippen LogP contribution in [0.5, 0.6) is 5.75 Å². The number of anilines is 1. The summed E-state index contributed by atoms with van der Waals surface area (Å²) in [7, 11) is 0. The fourth-order valence-electron chi connectivity index (χ4n) is 3.57. The van der Waals surface area contributed by atoms with Crippen molar-refractivity contribution in [1.82, 2.24) is 4.90 Å². The van der Waals surface area contributed by atoms with Crippen LogP contribution in [0.15, 0.2) is 48.5 Å². The topological polar surface area (TPSA) is 111 Å². The number of ether oxygens (including phenoxy) is 3. The highest BCUT2D eigenvalue weighted by Gasteiger charge is 2.28. The zero-order chi connectivity index (χ0) is 25.2. The number of hydrogen-bond acceptors (Lipinski definition) is 7. The van der Waals surface area contributed by atoms with E-state index in [1.54, 1.807) is 30.0 Å². The SMILES string of the molecule is CCOC(=O)C1CCN(C(=O)COC(=O)c2ccccc2OCC(=O)Nc2ccccc2F)CC1. The maximum Gasteiger partial charge on any atom is 0.342 e. The number of halogens is 1. The monoisotopic (exact) mass is 486 g/mol. The van der Waals surface area contributed by atoms with E-state index in [4.69, 9.17) is 14.2 Å². The third-order valence-corrected chi connectivity index (χ3v) is 5.41. The molecule has 0 spiro atoms. The van der Waals surface area contributed by atoms with Crippen molar-refractivity contribution >= 4 is 29.4 Å². The molecule has 1 aliphatic rings. The Bertz CT molecular complexity index is 1070. The Hall–Kier alpha value is -3.95. The molecule has 186 valence electrons. The molecule has 0 aromatic heterocycles. The van der Waals surface area contributed by atoms with Gasteiger partial charge < -0.3 is 24.4 Å². The molecule has 0 aliphatic carbocycles. The van der Waals surface area contributed by atoms with E-state index in [1.165, 1.54) is 30.3 Å². The van der Waals surface area contributed by atoms with E-state index in [9.17, 15) is 23.6 Å². The van der Waals surface area contributed by atoms with Crippen LogP contribution in [0.1, 0.15) is 30.1 Å². The highest BCUT2D eigenvalue weighted by Crippen LogP contribution is 2.21. The lowest BCUT2D eigenvalue weighted by Gasteiger charge is -2.30. The average molecular weight is 486 g/mol. The van der Waals surface area contributed by atoms with Crippen LogP contribution in [0.2, 0.25) is 0 Å². The molecule has 10 heteroatoms. The van der Waals surface area contributed by atoms with Gasteiger partial charge in [0.15, 0.2) is 13.2 Å². The molecule has 1 saturated heterocycles. The fraction of sp³-hybridized carbons (Fsp3) is 0.360. The number of carbonyl (C=O) groups is 4. The first kappa shape index (κ1) is 25.7. The van der Waals surface area contributed by atoms with E-state index in [0.717, 1.165) is 0 Å². The quantitative estimate of drug-likeness (QED) is 0.543. The summed E-state index contributed by atoms with van der Waals surface area (Å²) in [6.45, 7) is 1.87. The van der Waals surface area contributed by atoms with E-state index in [2.05, 4.69) is 5.32 Å². The average Bonchev–Trinajstić information content (AvgIpc) is 2.87. The number of benzene rings is 2. The minimum absolute atomic E-state index is 0.0126. The molecular weight excluding hydrogens is 459 g/mol. The number of carbonyl (C=O) groups excluding carboxylic acids is 4. The van der Waals surface area contributed by atoms with E-state index in [1.807, 2.05) is 0 Å². The van der Waals surface area contributed by atoms with Crippen molar-refractivity contribution in [3.8, 4) is 5.75 Å². The first-order chi connectivity index (χ1) is 16.9. The molecule has 0 bridgehead atoms. The van der Waals surface area contributed by atoms with Crippen molar-refractivity contribution in [3.63, 3.8) is 0 Å². The van der Waals surface area contributed by atoms with Gasteiger partial charge in [0.25, 0.3) is 11.8 Å². The molecule has 1 N–H and O–H groups in total. The van der Waals surface area contributed by atoms with E-state index in [0.29, 0.717) is 32.5 Å². The van der Waals surface area contributed by atoms with Crippen molar-refractivity contribution in [2.45, 2.75) is 19.8 Å². The van der Waals surface area contributed by atoms with Gasteiger partial charge in [0, 0.05) is 13.1 Å². The summed E-state index contributed by atoms with van der Waals surface area (Å²) in [6.07, 6.45) is 0.980. The number of piperidine rings is 1. The summed E-state index contributed by atoms with van der Waals surface area (Å²) in [4.78, 5) is 50.5. The third-order valence-electron chi connectivity index (χ3n) is 5.41. The van der Waals surface area contributed by atoms with E-state index >= 15 is 0 Å². The van der Waals surface area contributed by atoms with Crippen LogP contribution in [0, 0.1) is 11.7 Å². The van der Waals surface area contributed by atoms with Gasteiger partial charge in [-0.05, 0) is 44.0 Å². The van der Waals surface area contributed by atoms with E-state index in [-0.39, 0.29) is 34.8 Å². The van der Waals surface area contributed by atoms with Crippen molar-refractivity contribution in [2.24, 2.45) is 5.92 Å². The minimum Gasteiger partial charge on any atom is -0.483 e. The first-order valence-electron chi connectivity index (χ1n) is 11.3. The fourth-order valence-corrected chi connectivity index (χ4v) is 3.57. The smallest absolute Gasteiger partial charge is 0.342 e. The van der Waals surface area contributed by atoms with Gasteiger partial charge in [-0.2, -0.15) is 0 Å². The number of hydrogen-bond donors (Lipinski definition) is 1. The number of amides is 2. The number of nitrogens with one attached hydrogen (secondary N) is 1. The Balaban J connectivity index is 1.49. The molecular formula is C25H27FN2O7. The van der Waals surface area contributed by atoms with Crippen LogP contribution in [-0.4, -0.2) is 61.6 Å². The summed E-state index contributed by atoms with van der Waals surface area (Å²) >= 11 is 0. The number of para-hydroxylation sites is 2. The second-order valence-corrected chi connectivity index (χ2v) is 7.80. The number of likely N-dealkylation sites (tertiary alicyclic amines) is 1. The lowest BCUT2D eigenvalue weighted by atomic mass is 9.97. The van der Waals surface area contributed by atoms with Crippen LogP contribution in [0.3, 0.4) is 0 Å². The zero-order valence-electron chi connectivity index (χ0n) is 19.3. The lowest BCUT2D eigenvalue weighted by molar-refractivity contribution is -0.151. The number of rotatable bonds is 9. The zero-order valence-corrected chi connectivity index (χ0v) is 19.3. The van der Waals surface area contributed by atoms with Gasteiger partial charge in [-0.3, -0.25) is 14.4 Å². The van der Waals surface area contributed by atoms with Crippen LogP contribution in [-0.2, 0) is 23.9 Å². The molecule has 1 heterocycles. The Morgan fingerprint density at radius 2 is 1.66 bits per heavy atom. The lowest BCUT2D eigenvalue weighted by Crippen LogP contribution is -2.42. The van der Waals surface area contributed by atoms with Crippen LogP contribution in [0.25, 0.3) is 0 Å². The molecule has 35 heavy (non-hydrogen) atoms. The molecule has 0 radical (unpaired) electrons. The number of nitrogens with zero attached hydrogens (tertiary/aromatic N) is 1. The minimum atomic E-state index is -0.787. The normalized spacial score (nSPS) is 13.6. The Kier molecular flexibility index (Phi) is 9.16. The summed E-state index contributed by atoms with van der Waals surface area (Å²) in [5.41, 5.74) is 0.0543.